The van der Waals surface area contributed by atoms with Crippen molar-refractivity contribution in [2.24, 2.45) is 0 Å². The molecule has 34 valence electrons. The molecule has 0 aromatic heterocycles. The van der Waals surface area contributed by atoms with Gasteiger partial charge in [-0.15, -0.1) is 0 Å². The van der Waals surface area contributed by atoms with Crippen molar-refractivity contribution in [2.75, 3.05) is 0 Å². The van der Waals surface area contributed by atoms with Gasteiger partial charge in [-0.05, 0) is 0 Å². The van der Waals surface area contributed by atoms with Gasteiger partial charge in [-0.1, -0.05) is 0 Å². The molecule has 0 saturated carbocycles. The van der Waals surface area contributed by atoms with Crippen LogP contribution in [0.25, 0.3) is 0 Å². The molecule has 0 radical (unpaired) electrons. The zero-order chi connectivity index (χ0) is 3.58. The molecule has 0 rings (SSSR count). The fraction of sp³-hybridized carbons (Fsp3) is 0. The van der Waals surface area contributed by atoms with Gasteiger partial charge in [-0.2, -0.15) is 0 Å². The predicted molar refractivity (Wildman–Crippen MR) is 15.2 cm³/mol. The van der Waals surface area contributed by atoms with Crippen LogP contribution in [0.1, 0.15) is 1.43 Å². The van der Waals surface area contributed by atoms with E-state index in [0.717, 1.165) is 0 Å². The van der Waals surface area contributed by atoms with E-state index in [0.29, 0.717) is 0 Å². The Hall–Kier alpha value is 0.880. The second-order valence-electron chi connectivity index (χ2n) is 0.247. The van der Waals surface area contributed by atoms with Gasteiger partial charge in [0.05, 0.1) is 0 Å². The fourth-order valence-corrected chi connectivity index (χ4v) is 0. The smallest absolute Gasteiger partial charge is 1.00 e. The molecule has 3 N–H and O–H groups in total. The molecule has 0 aliphatic carbocycles. The van der Waals surface area contributed by atoms with Crippen LogP contribution in [-0.4, -0.2) is 15.5 Å². The van der Waals surface area contributed by atoms with Crippen LogP contribution in [0.2, 0.25) is 0 Å². The Morgan fingerprint density at radius 2 is 1.17 bits per heavy atom. The summed E-state index contributed by atoms with van der Waals surface area (Å²) in [4.78, 5) is 0. The summed E-state index contributed by atoms with van der Waals surface area (Å²) in [7, 11) is 0. The third kappa shape index (κ3) is 94.9. The molecule has 0 amide bonds. The molecular formula is H4AlF3LiN. The van der Waals surface area contributed by atoms with E-state index < -0.39 is 15.5 Å². The van der Waals surface area contributed by atoms with Crippen molar-refractivity contribution in [3.8, 4) is 0 Å². The van der Waals surface area contributed by atoms with Crippen molar-refractivity contribution in [1.29, 1.82) is 0 Å². The van der Waals surface area contributed by atoms with Gasteiger partial charge in [0.25, 0.3) is 0 Å². The SMILES string of the molecule is N.[F][Al]([F])[F].[H-].[Li+]. The number of halogens is 3. The van der Waals surface area contributed by atoms with E-state index in [2.05, 4.69) is 0 Å². The third-order valence-corrected chi connectivity index (χ3v) is 0. The Balaban J connectivity index is -0.0000000150. The third-order valence-electron chi connectivity index (χ3n) is 0. The fourth-order valence-electron chi connectivity index (χ4n) is 0. The van der Waals surface area contributed by atoms with E-state index in [9.17, 15) is 10.6 Å². The minimum Gasteiger partial charge on any atom is -1.00 e. The van der Waals surface area contributed by atoms with Crippen LogP contribution in [0.3, 0.4) is 0 Å². The largest absolute Gasteiger partial charge is 1.04 e. The van der Waals surface area contributed by atoms with Crippen molar-refractivity contribution in [2.45, 2.75) is 0 Å². The Morgan fingerprint density at radius 1 is 1.17 bits per heavy atom. The molecule has 0 unspecified atom stereocenters. The molecule has 0 fully saturated rings. The zero-order valence-corrected chi connectivity index (χ0v) is 4.57. The number of hydrogen-bond donors (Lipinski definition) is 1. The number of hydrogen-bond acceptors (Lipinski definition) is 1. The molecule has 0 aromatic rings. The second-order valence-corrected chi connectivity index (χ2v) is 0.742. The molecule has 0 spiro atoms. The van der Waals surface area contributed by atoms with Gasteiger partial charge in [0.15, 0.2) is 0 Å². The molecule has 0 heterocycles. The van der Waals surface area contributed by atoms with Crippen LogP contribution in [0, 0.1) is 0 Å². The monoisotopic (exact) mass is 109 g/mol. The minimum absolute atomic E-state index is 0. The van der Waals surface area contributed by atoms with Crippen LogP contribution < -0.4 is 25.0 Å². The maximum absolute atomic E-state index is 9.81. The Morgan fingerprint density at radius 3 is 1.17 bits per heavy atom. The predicted octanol–water partition coefficient (Wildman–Crippen LogP) is -1.84. The Bertz CT molecular complexity index is 19.7. The molecule has 6 heteroatoms. The Labute approximate surface area is 53.0 Å². The zero-order valence-electron chi connectivity index (χ0n) is 4.42. The summed E-state index contributed by atoms with van der Waals surface area (Å²) in [5.41, 5.74) is 0. The number of rotatable bonds is 0. The summed E-state index contributed by atoms with van der Waals surface area (Å²) in [6.45, 7) is 0. The molecule has 1 nitrogen and oxygen atoms in total. The molecule has 0 aromatic carbocycles. The van der Waals surface area contributed by atoms with Crippen LogP contribution >= 0.6 is 0 Å². The summed E-state index contributed by atoms with van der Waals surface area (Å²) < 4.78 is 29.4. The van der Waals surface area contributed by atoms with Crippen LogP contribution in [0.4, 0.5) is 10.6 Å². The first kappa shape index (κ1) is 15.8. The summed E-state index contributed by atoms with van der Waals surface area (Å²) in [6.07, 6.45) is 0. The summed E-state index contributed by atoms with van der Waals surface area (Å²) in [6, 6.07) is 0. The first-order chi connectivity index (χ1) is 1.73. The molecule has 0 atom stereocenters. The van der Waals surface area contributed by atoms with Crippen molar-refractivity contribution in [3.05, 3.63) is 0 Å². The van der Waals surface area contributed by atoms with Gasteiger partial charge in [-0.3, -0.25) is 0 Å². The van der Waals surface area contributed by atoms with E-state index in [-0.39, 0.29) is 26.4 Å². The van der Waals surface area contributed by atoms with Gasteiger partial charge in [0.2, 0.25) is 0 Å². The van der Waals surface area contributed by atoms with Crippen LogP contribution in [0.5, 0.6) is 0 Å². The van der Waals surface area contributed by atoms with Gasteiger partial charge < -0.3 is 18.1 Å². The molecule has 0 saturated heterocycles. The average molecular weight is 109 g/mol. The molecule has 0 aliphatic heterocycles. The van der Waals surface area contributed by atoms with Gasteiger partial charge in [0, 0.05) is 0 Å². The van der Waals surface area contributed by atoms with Crippen molar-refractivity contribution in [3.63, 3.8) is 0 Å². The van der Waals surface area contributed by atoms with Gasteiger partial charge in [0.1, 0.15) is 0 Å². The minimum atomic E-state index is -4.64. The standard InChI is InChI=1S/Al.3FH.Li.H3N.H/h;3*1H;;1H3;/q+3;;;;+1;;-1/p-3. The van der Waals surface area contributed by atoms with E-state index in [1.165, 1.54) is 0 Å². The topological polar surface area (TPSA) is 35.0 Å². The van der Waals surface area contributed by atoms with E-state index in [1.54, 1.807) is 0 Å². The van der Waals surface area contributed by atoms with E-state index in [4.69, 9.17) is 0 Å². The summed E-state index contributed by atoms with van der Waals surface area (Å²) >= 11 is -4.64. The summed E-state index contributed by atoms with van der Waals surface area (Å²) in [5.74, 6) is 0. The molecule has 6 heavy (non-hydrogen) atoms. The van der Waals surface area contributed by atoms with E-state index >= 15 is 0 Å². The van der Waals surface area contributed by atoms with Gasteiger partial charge in [-0.25, -0.2) is 0 Å². The average Bonchev–Trinajstić information content (AvgIpc) is 0.811. The second kappa shape index (κ2) is 9.30. The quantitative estimate of drug-likeness (QED) is 0.364. The van der Waals surface area contributed by atoms with Crippen molar-refractivity contribution < 1.29 is 30.9 Å². The van der Waals surface area contributed by atoms with Crippen molar-refractivity contribution >= 4 is 15.5 Å². The Kier molecular flexibility index (Phi) is 24.5. The molecule has 0 aliphatic rings. The van der Waals surface area contributed by atoms with E-state index in [1.807, 2.05) is 0 Å². The van der Waals surface area contributed by atoms with Crippen molar-refractivity contribution in [1.82, 2.24) is 6.15 Å². The summed E-state index contributed by atoms with van der Waals surface area (Å²) in [5, 5.41) is 0. The van der Waals surface area contributed by atoms with Gasteiger partial charge >= 0.3 is 34.4 Å². The molecule has 0 bridgehead atoms. The maximum atomic E-state index is 9.81. The molecular weight excluding hydrogens is 105 g/mol. The normalized spacial score (nSPS) is 4.50. The van der Waals surface area contributed by atoms with Crippen LogP contribution in [0.15, 0.2) is 0 Å². The maximum Gasteiger partial charge on any atom is 1.04 e. The van der Waals surface area contributed by atoms with Crippen LogP contribution in [-0.2, 0) is 0 Å². The first-order valence-electron chi connectivity index (χ1n) is 0.655. The first-order valence-corrected chi connectivity index (χ1v) is 1.96.